The fourth-order valence-electron chi connectivity index (χ4n) is 3.08. The normalized spacial score (nSPS) is 13.4. The molecule has 0 saturated heterocycles. The van der Waals surface area contributed by atoms with Crippen molar-refractivity contribution in [2.75, 3.05) is 5.32 Å². The van der Waals surface area contributed by atoms with E-state index >= 15 is 0 Å². The molecular formula is C21H22F3NO4. The minimum atomic E-state index is -4.81. The van der Waals surface area contributed by atoms with Gasteiger partial charge in [-0.1, -0.05) is 36.2 Å². The molecule has 1 amide bonds. The van der Waals surface area contributed by atoms with Gasteiger partial charge < -0.3 is 15.2 Å². The van der Waals surface area contributed by atoms with E-state index in [2.05, 4.69) is 10.1 Å². The first kappa shape index (κ1) is 22.3. The molecule has 0 aliphatic heterocycles. The van der Waals surface area contributed by atoms with Gasteiger partial charge >= 0.3 is 12.3 Å². The highest BCUT2D eigenvalue weighted by Gasteiger charge is 2.32. The number of alkyl halides is 3. The molecule has 0 spiro atoms. The van der Waals surface area contributed by atoms with E-state index < -0.39 is 35.8 Å². The Labute approximate surface area is 166 Å². The van der Waals surface area contributed by atoms with Crippen LogP contribution in [0, 0.1) is 25.7 Å². The Balaban J connectivity index is 2.18. The van der Waals surface area contributed by atoms with Gasteiger partial charge in [0.15, 0.2) is 0 Å². The Morgan fingerprint density at radius 2 is 1.62 bits per heavy atom. The molecule has 0 unspecified atom stereocenters. The molecule has 0 fully saturated rings. The largest absolute Gasteiger partial charge is 0.573 e. The first-order valence-corrected chi connectivity index (χ1v) is 8.91. The summed E-state index contributed by atoms with van der Waals surface area (Å²) in [4.78, 5) is 24.3. The zero-order valence-electron chi connectivity index (χ0n) is 16.2. The maximum atomic E-state index is 12.8. The number of hydrogen-bond acceptors (Lipinski definition) is 3. The van der Waals surface area contributed by atoms with Crippen molar-refractivity contribution < 1.29 is 32.6 Å². The van der Waals surface area contributed by atoms with E-state index in [4.69, 9.17) is 0 Å². The number of anilines is 1. The molecule has 0 aromatic heterocycles. The summed E-state index contributed by atoms with van der Waals surface area (Å²) in [5, 5.41) is 12.0. The van der Waals surface area contributed by atoms with Crippen LogP contribution in [0.2, 0.25) is 0 Å². The third-order valence-corrected chi connectivity index (χ3v) is 4.42. The number of rotatable bonds is 7. The SMILES string of the molecule is Cc1cc(C)cc(C[C@H](C(=O)Nc2ccc(OC(F)(F)F)cc2)[C@@H](C)C(=O)O)c1. The highest BCUT2D eigenvalue weighted by Crippen LogP contribution is 2.26. The predicted octanol–water partition coefficient (Wildman–Crippen LogP) is 4.72. The average molecular weight is 409 g/mol. The van der Waals surface area contributed by atoms with Gasteiger partial charge in [-0.3, -0.25) is 9.59 Å². The summed E-state index contributed by atoms with van der Waals surface area (Å²) >= 11 is 0. The number of carboxylic acids is 1. The number of nitrogens with one attached hydrogen (secondary N) is 1. The van der Waals surface area contributed by atoms with Gasteiger partial charge in [-0.05, 0) is 50.1 Å². The Kier molecular flexibility index (Phi) is 6.89. The molecule has 0 aliphatic carbocycles. The van der Waals surface area contributed by atoms with Gasteiger partial charge in [0.25, 0.3) is 0 Å². The van der Waals surface area contributed by atoms with Gasteiger partial charge in [0.2, 0.25) is 5.91 Å². The quantitative estimate of drug-likeness (QED) is 0.694. The fourth-order valence-corrected chi connectivity index (χ4v) is 3.08. The smallest absolute Gasteiger partial charge is 0.481 e. The molecule has 0 radical (unpaired) electrons. The number of carboxylic acid groups (broad SMARTS) is 1. The number of benzene rings is 2. The summed E-state index contributed by atoms with van der Waals surface area (Å²) < 4.78 is 40.5. The number of halogens is 3. The van der Waals surface area contributed by atoms with Crippen LogP contribution in [0.5, 0.6) is 5.75 Å². The minimum absolute atomic E-state index is 0.219. The zero-order chi connectivity index (χ0) is 21.8. The fraction of sp³-hybridized carbons (Fsp3) is 0.333. The summed E-state index contributed by atoms with van der Waals surface area (Å²) in [5.41, 5.74) is 3.09. The number of carbonyl (C=O) groups excluding carboxylic acids is 1. The van der Waals surface area contributed by atoms with Crippen LogP contribution >= 0.6 is 0 Å². The van der Waals surface area contributed by atoms with Crippen LogP contribution in [0.1, 0.15) is 23.6 Å². The second kappa shape index (κ2) is 8.98. The topological polar surface area (TPSA) is 75.6 Å². The van der Waals surface area contributed by atoms with Crippen molar-refractivity contribution in [2.24, 2.45) is 11.8 Å². The van der Waals surface area contributed by atoms with Crippen LogP contribution in [0.3, 0.4) is 0 Å². The van der Waals surface area contributed by atoms with Crippen molar-refractivity contribution in [2.45, 2.75) is 33.6 Å². The maximum Gasteiger partial charge on any atom is 0.573 e. The summed E-state index contributed by atoms with van der Waals surface area (Å²) in [5.74, 6) is -3.86. The number of hydrogen-bond donors (Lipinski definition) is 2. The van der Waals surface area contributed by atoms with Crippen molar-refractivity contribution in [3.63, 3.8) is 0 Å². The zero-order valence-corrected chi connectivity index (χ0v) is 16.2. The van der Waals surface area contributed by atoms with Crippen molar-refractivity contribution in [1.29, 1.82) is 0 Å². The molecule has 0 saturated carbocycles. The van der Waals surface area contributed by atoms with E-state index in [0.717, 1.165) is 28.8 Å². The molecule has 156 valence electrons. The maximum absolute atomic E-state index is 12.8. The van der Waals surface area contributed by atoms with Gasteiger partial charge in [0, 0.05) is 5.69 Å². The van der Waals surface area contributed by atoms with E-state index in [0.29, 0.717) is 0 Å². The molecule has 2 aromatic rings. The van der Waals surface area contributed by atoms with Crippen molar-refractivity contribution >= 4 is 17.6 Å². The third kappa shape index (κ3) is 6.81. The molecule has 5 nitrogen and oxygen atoms in total. The van der Waals surface area contributed by atoms with Crippen LogP contribution < -0.4 is 10.1 Å². The second-order valence-electron chi connectivity index (χ2n) is 6.99. The molecule has 2 rings (SSSR count). The van der Waals surface area contributed by atoms with Crippen LogP contribution in [0.4, 0.5) is 18.9 Å². The van der Waals surface area contributed by atoms with E-state index in [1.54, 1.807) is 0 Å². The monoisotopic (exact) mass is 409 g/mol. The van der Waals surface area contributed by atoms with Gasteiger partial charge in [0.05, 0.1) is 11.8 Å². The first-order chi connectivity index (χ1) is 13.4. The van der Waals surface area contributed by atoms with Crippen LogP contribution in [-0.2, 0) is 16.0 Å². The summed E-state index contributed by atoms with van der Waals surface area (Å²) in [6, 6.07) is 10.4. The molecule has 0 aliphatic rings. The summed E-state index contributed by atoms with van der Waals surface area (Å²) in [6.45, 7) is 5.28. The van der Waals surface area contributed by atoms with E-state index in [1.807, 2.05) is 32.0 Å². The van der Waals surface area contributed by atoms with Crippen molar-refractivity contribution in [1.82, 2.24) is 0 Å². The van der Waals surface area contributed by atoms with Crippen LogP contribution in [0.25, 0.3) is 0 Å². The average Bonchev–Trinajstić information content (AvgIpc) is 2.58. The molecule has 2 aromatic carbocycles. The van der Waals surface area contributed by atoms with Crippen molar-refractivity contribution in [3.8, 4) is 5.75 Å². The summed E-state index contributed by atoms with van der Waals surface area (Å²) in [7, 11) is 0. The lowest BCUT2D eigenvalue weighted by atomic mass is 9.86. The Bertz CT molecular complexity index is 858. The Hall–Kier alpha value is -3.03. The van der Waals surface area contributed by atoms with E-state index in [9.17, 15) is 27.9 Å². The number of ether oxygens (including phenoxy) is 1. The standard InChI is InChI=1S/C21H22F3NO4/c1-12-8-13(2)10-15(9-12)11-18(14(3)20(27)28)19(26)25-16-4-6-17(7-5-16)29-21(22,23)24/h4-10,14,18H,11H2,1-3H3,(H,25,26)(H,27,28)/t14-,18+/m1/s1. The minimum Gasteiger partial charge on any atom is -0.481 e. The molecule has 29 heavy (non-hydrogen) atoms. The van der Waals surface area contributed by atoms with Crippen LogP contribution in [0.15, 0.2) is 42.5 Å². The molecule has 8 heteroatoms. The second-order valence-corrected chi connectivity index (χ2v) is 6.99. The van der Waals surface area contributed by atoms with Gasteiger partial charge in [-0.2, -0.15) is 0 Å². The predicted molar refractivity (Wildman–Crippen MR) is 102 cm³/mol. The van der Waals surface area contributed by atoms with Gasteiger partial charge in [-0.25, -0.2) is 0 Å². The van der Waals surface area contributed by atoms with Crippen LogP contribution in [-0.4, -0.2) is 23.3 Å². The molecule has 0 bridgehead atoms. The number of aliphatic carboxylic acids is 1. The molecule has 0 heterocycles. The number of aryl methyl sites for hydroxylation is 2. The highest BCUT2D eigenvalue weighted by molar-refractivity contribution is 5.95. The lowest BCUT2D eigenvalue weighted by Crippen LogP contribution is -2.33. The van der Waals surface area contributed by atoms with Gasteiger partial charge in [-0.15, -0.1) is 13.2 Å². The Morgan fingerprint density at radius 1 is 1.07 bits per heavy atom. The third-order valence-electron chi connectivity index (χ3n) is 4.42. The highest BCUT2D eigenvalue weighted by atomic mass is 19.4. The Morgan fingerprint density at radius 3 is 2.10 bits per heavy atom. The molecule has 2 N–H and O–H groups in total. The molecular weight excluding hydrogens is 387 g/mol. The lowest BCUT2D eigenvalue weighted by Gasteiger charge is -2.21. The number of amides is 1. The molecule has 2 atom stereocenters. The lowest BCUT2D eigenvalue weighted by molar-refractivity contribution is -0.274. The van der Waals surface area contributed by atoms with E-state index in [-0.39, 0.29) is 12.1 Å². The number of carbonyl (C=O) groups is 2. The van der Waals surface area contributed by atoms with E-state index in [1.165, 1.54) is 19.1 Å². The summed E-state index contributed by atoms with van der Waals surface area (Å²) in [6.07, 6.45) is -4.59. The van der Waals surface area contributed by atoms with Gasteiger partial charge in [0.1, 0.15) is 5.75 Å². The van der Waals surface area contributed by atoms with Crippen molar-refractivity contribution in [3.05, 3.63) is 59.2 Å². The first-order valence-electron chi connectivity index (χ1n) is 8.91.